The van der Waals surface area contributed by atoms with Crippen LogP contribution in [0, 0.1) is 11.3 Å². The molecule has 1 aliphatic heterocycles. The summed E-state index contributed by atoms with van der Waals surface area (Å²) in [4.78, 5) is 31.6. The number of carbonyl (C=O) groups is 1. The van der Waals surface area contributed by atoms with Gasteiger partial charge in [0.05, 0.1) is 12.7 Å². The average molecular weight is 352 g/mol. The van der Waals surface area contributed by atoms with Crippen molar-refractivity contribution in [2.75, 3.05) is 25.1 Å². The molecule has 1 aliphatic rings. The second-order valence-electron chi connectivity index (χ2n) is 6.15. The molecule has 3 rings (SSSR count). The predicted molar refractivity (Wildman–Crippen MR) is 97.7 cm³/mol. The molecule has 2 aromatic rings. The SMILES string of the molecule is COC(=O)C(C#N)=Cc1c(N2CCCCCC2)nc2ccccn2c1=O. The highest BCUT2D eigenvalue weighted by Crippen LogP contribution is 2.22. The van der Waals surface area contributed by atoms with Gasteiger partial charge in [0.15, 0.2) is 0 Å². The van der Waals surface area contributed by atoms with Crippen molar-refractivity contribution in [3.05, 3.63) is 45.9 Å². The number of esters is 1. The van der Waals surface area contributed by atoms with E-state index < -0.39 is 5.97 Å². The van der Waals surface area contributed by atoms with Crippen LogP contribution in [0.1, 0.15) is 31.2 Å². The van der Waals surface area contributed by atoms with Gasteiger partial charge in [0.2, 0.25) is 0 Å². The van der Waals surface area contributed by atoms with Gasteiger partial charge in [0, 0.05) is 19.3 Å². The van der Waals surface area contributed by atoms with Crippen LogP contribution in [-0.4, -0.2) is 35.6 Å². The molecule has 134 valence electrons. The summed E-state index contributed by atoms with van der Waals surface area (Å²) in [6.07, 6.45) is 7.22. The van der Waals surface area contributed by atoms with Crippen LogP contribution in [-0.2, 0) is 9.53 Å². The summed E-state index contributed by atoms with van der Waals surface area (Å²) in [5.41, 5.74) is 0.230. The molecule has 0 aliphatic carbocycles. The van der Waals surface area contributed by atoms with Crippen LogP contribution in [0.15, 0.2) is 34.8 Å². The molecule has 0 amide bonds. The number of nitrogens with zero attached hydrogens (tertiary/aromatic N) is 4. The van der Waals surface area contributed by atoms with E-state index in [0.29, 0.717) is 11.5 Å². The standard InChI is InChI=1S/C19H20N4O3/c1-26-19(25)14(13-20)12-15-17(22-9-5-2-3-6-10-22)21-16-8-4-7-11-23(16)18(15)24/h4,7-8,11-12H,2-3,5-6,9-10H2,1H3. The van der Waals surface area contributed by atoms with E-state index in [0.717, 1.165) is 38.8 Å². The maximum Gasteiger partial charge on any atom is 0.348 e. The maximum atomic E-state index is 13.0. The second kappa shape index (κ2) is 7.83. The molecule has 2 aromatic heterocycles. The zero-order chi connectivity index (χ0) is 18.5. The van der Waals surface area contributed by atoms with E-state index in [1.165, 1.54) is 17.6 Å². The number of fused-ring (bicyclic) bond motifs is 1. The number of carbonyl (C=O) groups excluding carboxylic acids is 1. The normalized spacial score (nSPS) is 15.4. The zero-order valence-electron chi connectivity index (χ0n) is 14.6. The third-order valence-electron chi connectivity index (χ3n) is 4.47. The highest BCUT2D eigenvalue weighted by Gasteiger charge is 2.20. The van der Waals surface area contributed by atoms with Gasteiger partial charge in [-0.3, -0.25) is 9.20 Å². The van der Waals surface area contributed by atoms with Crippen LogP contribution in [0.25, 0.3) is 11.7 Å². The van der Waals surface area contributed by atoms with Crippen LogP contribution in [0.4, 0.5) is 5.82 Å². The largest absolute Gasteiger partial charge is 0.465 e. The number of methoxy groups -OCH3 is 1. The Hall–Kier alpha value is -3.14. The Balaban J connectivity index is 2.24. The Morgan fingerprint density at radius 2 is 2.00 bits per heavy atom. The van der Waals surface area contributed by atoms with Crippen molar-refractivity contribution in [1.82, 2.24) is 9.38 Å². The fraction of sp³-hybridized carbons (Fsp3) is 0.368. The smallest absolute Gasteiger partial charge is 0.348 e. The van der Waals surface area contributed by atoms with Crippen molar-refractivity contribution >= 4 is 23.5 Å². The van der Waals surface area contributed by atoms with E-state index in [2.05, 4.69) is 14.6 Å². The van der Waals surface area contributed by atoms with Crippen LogP contribution < -0.4 is 10.5 Å². The summed E-state index contributed by atoms with van der Waals surface area (Å²) < 4.78 is 6.05. The summed E-state index contributed by atoms with van der Waals surface area (Å²) in [6, 6.07) is 7.13. The summed E-state index contributed by atoms with van der Waals surface area (Å²) in [5.74, 6) is -0.258. The Morgan fingerprint density at radius 1 is 1.27 bits per heavy atom. The van der Waals surface area contributed by atoms with E-state index in [1.807, 2.05) is 12.1 Å². The summed E-state index contributed by atoms with van der Waals surface area (Å²) in [6.45, 7) is 1.58. The highest BCUT2D eigenvalue weighted by molar-refractivity contribution is 5.98. The number of nitriles is 1. The van der Waals surface area contributed by atoms with Crippen molar-refractivity contribution < 1.29 is 9.53 Å². The van der Waals surface area contributed by atoms with Gasteiger partial charge in [-0.15, -0.1) is 0 Å². The Bertz CT molecular complexity index is 947. The van der Waals surface area contributed by atoms with Crippen LogP contribution in [0.5, 0.6) is 0 Å². The minimum Gasteiger partial charge on any atom is -0.465 e. The first-order valence-corrected chi connectivity index (χ1v) is 8.62. The lowest BCUT2D eigenvalue weighted by Crippen LogP contribution is -2.30. The van der Waals surface area contributed by atoms with E-state index in [9.17, 15) is 14.9 Å². The molecule has 0 N–H and O–H groups in total. The number of hydrogen-bond donors (Lipinski definition) is 0. The van der Waals surface area contributed by atoms with Gasteiger partial charge < -0.3 is 9.64 Å². The van der Waals surface area contributed by atoms with Gasteiger partial charge in [-0.1, -0.05) is 18.9 Å². The van der Waals surface area contributed by atoms with Gasteiger partial charge in [-0.25, -0.2) is 9.78 Å². The first-order chi connectivity index (χ1) is 12.7. The molecule has 1 fully saturated rings. The van der Waals surface area contributed by atoms with Gasteiger partial charge in [-0.05, 0) is 31.1 Å². The molecule has 0 bridgehead atoms. The first-order valence-electron chi connectivity index (χ1n) is 8.62. The molecule has 0 unspecified atom stereocenters. The van der Waals surface area contributed by atoms with Gasteiger partial charge in [0.25, 0.3) is 5.56 Å². The van der Waals surface area contributed by atoms with Gasteiger partial charge in [0.1, 0.15) is 23.1 Å². The Kier molecular flexibility index (Phi) is 5.32. The van der Waals surface area contributed by atoms with Crippen LogP contribution in [0.3, 0.4) is 0 Å². The topological polar surface area (TPSA) is 87.7 Å². The average Bonchev–Trinajstić information content (AvgIpc) is 2.96. The first kappa shape index (κ1) is 17.7. The van der Waals surface area contributed by atoms with Crippen LogP contribution >= 0.6 is 0 Å². The number of hydrogen-bond acceptors (Lipinski definition) is 6. The molecular weight excluding hydrogens is 332 g/mol. The fourth-order valence-corrected chi connectivity index (χ4v) is 3.13. The van der Waals surface area contributed by atoms with Crippen LogP contribution in [0.2, 0.25) is 0 Å². The third-order valence-corrected chi connectivity index (χ3v) is 4.47. The minimum absolute atomic E-state index is 0.224. The fourth-order valence-electron chi connectivity index (χ4n) is 3.13. The molecule has 0 spiro atoms. The minimum atomic E-state index is -0.771. The zero-order valence-corrected chi connectivity index (χ0v) is 14.6. The number of anilines is 1. The number of pyridine rings is 1. The molecule has 1 saturated heterocycles. The van der Waals surface area contributed by atoms with E-state index in [-0.39, 0.29) is 16.7 Å². The number of aromatic nitrogens is 2. The number of ether oxygens (including phenoxy) is 1. The highest BCUT2D eigenvalue weighted by atomic mass is 16.5. The Morgan fingerprint density at radius 3 is 2.65 bits per heavy atom. The quantitative estimate of drug-likeness (QED) is 0.478. The van der Waals surface area contributed by atoms with E-state index in [4.69, 9.17) is 0 Å². The van der Waals surface area contributed by atoms with Crippen molar-refractivity contribution in [1.29, 1.82) is 5.26 Å². The van der Waals surface area contributed by atoms with Crippen molar-refractivity contribution in [3.8, 4) is 6.07 Å². The summed E-state index contributed by atoms with van der Waals surface area (Å²) in [5, 5.41) is 9.28. The molecule has 3 heterocycles. The van der Waals surface area contributed by atoms with Gasteiger partial charge >= 0.3 is 5.97 Å². The molecule has 0 saturated carbocycles. The Labute approximate surface area is 151 Å². The van der Waals surface area contributed by atoms with Crippen molar-refractivity contribution in [3.63, 3.8) is 0 Å². The summed E-state index contributed by atoms with van der Waals surface area (Å²) in [7, 11) is 1.20. The second-order valence-corrected chi connectivity index (χ2v) is 6.15. The molecule has 0 atom stereocenters. The lowest BCUT2D eigenvalue weighted by atomic mass is 10.1. The van der Waals surface area contributed by atoms with Crippen molar-refractivity contribution in [2.24, 2.45) is 0 Å². The predicted octanol–water partition coefficient (Wildman–Crippen LogP) is 2.15. The lowest BCUT2D eigenvalue weighted by Gasteiger charge is -2.23. The number of rotatable bonds is 3. The molecule has 7 nitrogen and oxygen atoms in total. The summed E-state index contributed by atoms with van der Waals surface area (Å²) >= 11 is 0. The molecule has 0 radical (unpaired) electrons. The lowest BCUT2D eigenvalue weighted by molar-refractivity contribution is -0.135. The molecular formula is C19H20N4O3. The van der Waals surface area contributed by atoms with Crippen molar-refractivity contribution in [2.45, 2.75) is 25.7 Å². The third kappa shape index (κ3) is 3.45. The maximum absolute atomic E-state index is 13.0. The van der Waals surface area contributed by atoms with E-state index >= 15 is 0 Å². The molecule has 0 aromatic carbocycles. The van der Waals surface area contributed by atoms with Gasteiger partial charge in [-0.2, -0.15) is 5.26 Å². The molecule has 26 heavy (non-hydrogen) atoms. The molecule has 7 heteroatoms. The van der Waals surface area contributed by atoms with E-state index in [1.54, 1.807) is 18.3 Å². The monoisotopic (exact) mass is 352 g/mol.